The van der Waals surface area contributed by atoms with Crippen LogP contribution in [0.15, 0.2) is 24.3 Å². The van der Waals surface area contributed by atoms with Gasteiger partial charge in [-0.2, -0.15) is 0 Å². The van der Waals surface area contributed by atoms with Crippen molar-refractivity contribution in [3.63, 3.8) is 0 Å². The lowest BCUT2D eigenvalue weighted by Crippen LogP contribution is -2.45. The number of hydrogen-bond acceptors (Lipinski definition) is 4. The number of carbonyl (C=O) groups excluding carboxylic acids is 2. The van der Waals surface area contributed by atoms with Crippen molar-refractivity contribution in [2.24, 2.45) is 5.92 Å². The Balaban J connectivity index is 2.11. The number of carboxylic acids is 1. The van der Waals surface area contributed by atoms with E-state index in [1.54, 1.807) is 24.3 Å². The number of carboxylic acid groups (broad SMARTS) is 1. The van der Waals surface area contributed by atoms with Crippen molar-refractivity contribution in [1.29, 1.82) is 0 Å². The van der Waals surface area contributed by atoms with Crippen molar-refractivity contribution in [3.05, 3.63) is 24.3 Å². The molecule has 0 spiro atoms. The zero-order valence-electron chi connectivity index (χ0n) is 13.2. The van der Waals surface area contributed by atoms with Crippen LogP contribution in [0.25, 0.3) is 0 Å². The first-order chi connectivity index (χ1) is 11.5. The van der Waals surface area contributed by atoms with E-state index in [0.29, 0.717) is 18.0 Å². The first kappa shape index (κ1) is 17.7. The normalized spacial score (nSPS) is 18.3. The van der Waals surface area contributed by atoms with E-state index in [1.165, 1.54) is 4.90 Å². The Bertz CT molecular complexity index is 637. The fraction of sp³-hybridized carbons (Fsp3) is 0.438. The molecule has 0 aromatic heterocycles. The van der Waals surface area contributed by atoms with Crippen LogP contribution in [0.2, 0.25) is 0 Å². The lowest BCUT2D eigenvalue weighted by Gasteiger charge is -2.20. The number of nitrogens with zero attached hydrogens (tertiary/aromatic N) is 1. The molecular weight excluding hydrogens is 319 g/mol. The Morgan fingerprint density at radius 2 is 2.17 bits per heavy atom. The third kappa shape index (κ3) is 3.81. The molecule has 0 saturated carbocycles. The lowest BCUT2D eigenvalue weighted by molar-refractivity contribution is -0.142. The zero-order chi connectivity index (χ0) is 17.7. The summed E-state index contributed by atoms with van der Waals surface area (Å²) in [7, 11) is 0. The predicted octanol–water partition coefficient (Wildman–Crippen LogP) is 0.977. The molecule has 0 radical (unpaired) electrons. The number of para-hydroxylation sites is 2. The molecule has 2 unspecified atom stereocenters. The molecule has 1 aliphatic heterocycles. The summed E-state index contributed by atoms with van der Waals surface area (Å²) in [5, 5.41) is 10.9. The summed E-state index contributed by atoms with van der Waals surface area (Å²) < 4.78 is 18.1. The van der Waals surface area contributed by atoms with Gasteiger partial charge in [0.25, 0.3) is 0 Å². The van der Waals surface area contributed by atoms with Crippen molar-refractivity contribution < 1.29 is 28.6 Å². The molecule has 1 saturated heterocycles. The maximum Gasteiger partial charge on any atom is 0.328 e. The number of nitrogens with one attached hydrogen (secondary N) is 1. The number of anilines is 1. The van der Waals surface area contributed by atoms with Crippen LogP contribution in [-0.2, 0) is 14.4 Å². The van der Waals surface area contributed by atoms with Crippen molar-refractivity contribution >= 4 is 23.5 Å². The molecule has 1 aliphatic rings. The molecule has 1 fully saturated rings. The van der Waals surface area contributed by atoms with Gasteiger partial charge in [-0.3, -0.25) is 9.59 Å². The first-order valence-electron chi connectivity index (χ1n) is 7.59. The zero-order valence-corrected chi connectivity index (χ0v) is 13.2. The van der Waals surface area contributed by atoms with E-state index in [2.05, 4.69) is 5.32 Å². The largest absolute Gasteiger partial charge is 0.492 e. The van der Waals surface area contributed by atoms with Gasteiger partial charge in [-0.15, -0.1) is 0 Å². The van der Waals surface area contributed by atoms with Crippen molar-refractivity contribution in [3.8, 4) is 5.75 Å². The van der Waals surface area contributed by atoms with Gasteiger partial charge in [-0.05, 0) is 19.1 Å². The van der Waals surface area contributed by atoms with E-state index in [4.69, 9.17) is 9.84 Å². The predicted molar refractivity (Wildman–Crippen MR) is 83.6 cm³/mol. The molecule has 130 valence electrons. The Morgan fingerprint density at radius 1 is 1.46 bits per heavy atom. The maximum atomic E-state index is 12.6. The maximum absolute atomic E-state index is 12.6. The third-order valence-corrected chi connectivity index (χ3v) is 3.72. The fourth-order valence-corrected chi connectivity index (χ4v) is 2.53. The number of benzene rings is 1. The van der Waals surface area contributed by atoms with Crippen LogP contribution in [0.5, 0.6) is 5.75 Å². The van der Waals surface area contributed by atoms with Gasteiger partial charge < -0.3 is 20.1 Å². The van der Waals surface area contributed by atoms with Gasteiger partial charge in [-0.25, -0.2) is 9.18 Å². The topological polar surface area (TPSA) is 95.9 Å². The highest BCUT2D eigenvalue weighted by Gasteiger charge is 2.37. The van der Waals surface area contributed by atoms with Gasteiger partial charge in [0.1, 0.15) is 12.4 Å². The molecule has 1 heterocycles. The van der Waals surface area contributed by atoms with Crippen LogP contribution in [0.3, 0.4) is 0 Å². The molecule has 2 rings (SSSR count). The van der Waals surface area contributed by atoms with Gasteiger partial charge in [0.15, 0.2) is 6.04 Å². The Morgan fingerprint density at radius 3 is 2.79 bits per heavy atom. The molecular formula is C16H19FN2O5. The van der Waals surface area contributed by atoms with Crippen molar-refractivity contribution in [2.75, 3.05) is 24.7 Å². The van der Waals surface area contributed by atoms with Crippen LogP contribution in [-0.4, -0.2) is 48.8 Å². The van der Waals surface area contributed by atoms with Crippen LogP contribution in [0.1, 0.15) is 13.3 Å². The average Bonchev–Trinajstić information content (AvgIpc) is 2.94. The number of rotatable bonds is 7. The molecule has 1 aromatic rings. The van der Waals surface area contributed by atoms with E-state index in [-0.39, 0.29) is 18.9 Å². The highest BCUT2D eigenvalue weighted by molar-refractivity contribution is 6.01. The van der Waals surface area contributed by atoms with Gasteiger partial charge in [-0.1, -0.05) is 12.1 Å². The van der Waals surface area contributed by atoms with Crippen LogP contribution < -0.4 is 15.0 Å². The Labute approximate surface area is 138 Å². The lowest BCUT2D eigenvalue weighted by atomic mass is 10.1. The molecule has 24 heavy (non-hydrogen) atoms. The van der Waals surface area contributed by atoms with E-state index in [1.807, 2.05) is 6.92 Å². The van der Waals surface area contributed by atoms with Gasteiger partial charge in [0.2, 0.25) is 11.8 Å². The summed E-state index contributed by atoms with van der Waals surface area (Å²) in [4.78, 5) is 36.6. The van der Waals surface area contributed by atoms with Crippen molar-refractivity contribution in [2.45, 2.75) is 19.4 Å². The number of hydrogen-bond donors (Lipinski definition) is 2. The second-order valence-electron chi connectivity index (χ2n) is 5.36. The minimum atomic E-state index is -1.60. The second-order valence-corrected chi connectivity index (χ2v) is 5.36. The molecule has 1 aromatic carbocycles. The first-order valence-corrected chi connectivity index (χ1v) is 7.59. The summed E-state index contributed by atoms with van der Waals surface area (Å²) in [5.41, 5.74) is 0.555. The quantitative estimate of drug-likeness (QED) is 0.772. The van der Waals surface area contributed by atoms with E-state index in [9.17, 15) is 18.8 Å². The molecule has 2 atom stereocenters. The van der Waals surface area contributed by atoms with E-state index in [0.717, 1.165) is 0 Å². The smallest absolute Gasteiger partial charge is 0.328 e. The molecule has 0 aliphatic carbocycles. The number of aliphatic carboxylic acids is 1. The number of alkyl halides is 1. The minimum Gasteiger partial charge on any atom is -0.492 e. The number of ether oxygens (including phenoxy) is 1. The summed E-state index contributed by atoms with van der Waals surface area (Å²) in [6.07, 6.45) is -0.0646. The van der Waals surface area contributed by atoms with Crippen LogP contribution in [0.4, 0.5) is 10.1 Å². The number of carbonyl (C=O) groups is 3. The van der Waals surface area contributed by atoms with Crippen molar-refractivity contribution in [1.82, 2.24) is 5.32 Å². The highest BCUT2D eigenvalue weighted by Crippen LogP contribution is 2.33. The van der Waals surface area contributed by atoms with Gasteiger partial charge >= 0.3 is 5.97 Å². The molecule has 7 nitrogen and oxygen atoms in total. The second kappa shape index (κ2) is 7.76. The highest BCUT2D eigenvalue weighted by atomic mass is 19.1. The summed E-state index contributed by atoms with van der Waals surface area (Å²) in [5.74, 6) is -2.57. The summed E-state index contributed by atoms with van der Waals surface area (Å²) >= 11 is 0. The monoisotopic (exact) mass is 338 g/mol. The number of halogens is 1. The summed E-state index contributed by atoms with van der Waals surface area (Å²) in [6, 6.07) is 5.37. The Kier molecular flexibility index (Phi) is 5.73. The Hall–Kier alpha value is -2.64. The van der Waals surface area contributed by atoms with E-state index < -0.39 is 30.5 Å². The number of amides is 2. The summed E-state index contributed by atoms with van der Waals surface area (Å²) in [6.45, 7) is 1.13. The molecule has 2 N–H and O–H groups in total. The average molecular weight is 338 g/mol. The molecule has 8 heteroatoms. The molecule has 2 amide bonds. The third-order valence-electron chi connectivity index (χ3n) is 3.72. The van der Waals surface area contributed by atoms with Gasteiger partial charge in [0.05, 0.1) is 18.2 Å². The SMILES string of the molecule is CCOc1ccccc1N1CC(C(=O)NC(CF)C(=O)O)CC1=O. The van der Waals surface area contributed by atoms with Gasteiger partial charge in [0, 0.05) is 13.0 Å². The van der Waals surface area contributed by atoms with Crippen LogP contribution in [0, 0.1) is 5.92 Å². The van der Waals surface area contributed by atoms with E-state index >= 15 is 0 Å². The standard InChI is InChI=1S/C16H19FN2O5/c1-2-24-13-6-4-3-5-12(13)19-9-10(7-14(19)20)15(21)18-11(8-17)16(22)23/h3-6,10-11H,2,7-9H2,1H3,(H,18,21)(H,22,23). The van der Waals surface area contributed by atoms with Crippen LogP contribution >= 0.6 is 0 Å². The fourth-order valence-electron chi connectivity index (χ4n) is 2.53. The minimum absolute atomic E-state index is 0.0646. The molecule has 0 bridgehead atoms.